The number of rotatable bonds is 6. The fourth-order valence-corrected chi connectivity index (χ4v) is 2.62. The van der Waals surface area contributed by atoms with Gasteiger partial charge in [-0.2, -0.15) is 5.10 Å². The van der Waals surface area contributed by atoms with E-state index in [1.165, 1.54) is 11.1 Å². The lowest BCUT2D eigenvalue weighted by Crippen LogP contribution is -2.37. The van der Waals surface area contributed by atoms with Crippen LogP contribution in [-0.4, -0.2) is 31.9 Å². The number of hydrogen-bond acceptors (Lipinski definition) is 3. The van der Waals surface area contributed by atoms with Crippen molar-refractivity contribution in [3.05, 3.63) is 53.9 Å². The van der Waals surface area contributed by atoms with Crippen LogP contribution in [0.5, 0.6) is 0 Å². The summed E-state index contributed by atoms with van der Waals surface area (Å²) in [6.45, 7) is 12.3. The maximum atomic E-state index is 10.2. The monoisotopic (exact) mass is 315 g/mol. The fraction of sp³-hybridized carbons (Fsp3) is 0.526. The zero-order valence-electron chi connectivity index (χ0n) is 15.0. The number of nitrogens with zero attached hydrogens (tertiary/aromatic N) is 3. The van der Waals surface area contributed by atoms with Crippen LogP contribution in [0.25, 0.3) is 0 Å². The lowest BCUT2D eigenvalue weighted by Gasteiger charge is -2.29. The van der Waals surface area contributed by atoms with Crippen LogP contribution in [-0.2, 0) is 18.6 Å². The molecule has 0 saturated carbocycles. The lowest BCUT2D eigenvalue weighted by molar-refractivity contribution is 0.0306. The highest BCUT2D eigenvalue weighted by Gasteiger charge is 2.20. The molecule has 1 heterocycles. The Morgan fingerprint density at radius 3 is 2.13 bits per heavy atom. The van der Waals surface area contributed by atoms with Crippen LogP contribution in [0.4, 0.5) is 0 Å². The highest BCUT2D eigenvalue weighted by Crippen LogP contribution is 2.17. The average molecular weight is 315 g/mol. The molecule has 4 heteroatoms. The van der Waals surface area contributed by atoms with E-state index >= 15 is 0 Å². The zero-order valence-corrected chi connectivity index (χ0v) is 15.0. The molecule has 0 unspecified atom stereocenters. The quantitative estimate of drug-likeness (QED) is 0.888. The Hall–Kier alpha value is -1.65. The fourth-order valence-electron chi connectivity index (χ4n) is 2.62. The van der Waals surface area contributed by atoms with Crippen LogP contribution >= 0.6 is 0 Å². The van der Waals surface area contributed by atoms with E-state index in [0.717, 1.165) is 13.1 Å². The van der Waals surface area contributed by atoms with E-state index < -0.39 is 5.60 Å². The van der Waals surface area contributed by atoms with Crippen LogP contribution in [0.1, 0.15) is 45.7 Å². The second-order valence-corrected chi connectivity index (χ2v) is 7.91. The van der Waals surface area contributed by atoms with Gasteiger partial charge in [0, 0.05) is 31.4 Å². The first-order valence-corrected chi connectivity index (χ1v) is 8.16. The summed E-state index contributed by atoms with van der Waals surface area (Å²) in [7, 11) is 0. The van der Waals surface area contributed by atoms with Crippen molar-refractivity contribution in [3.8, 4) is 0 Å². The van der Waals surface area contributed by atoms with Crippen molar-refractivity contribution in [1.82, 2.24) is 14.7 Å². The Balaban J connectivity index is 2.12. The number of benzene rings is 1. The Morgan fingerprint density at radius 1 is 1.00 bits per heavy atom. The number of aliphatic hydroxyl groups is 1. The molecule has 126 valence electrons. The van der Waals surface area contributed by atoms with Gasteiger partial charge in [-0.25, -0.2) is 0 Å². The van der Waals surface area contributed by atoms with Gasteiger partial charge >= 0.3 is 0 Å². The topological polar surface area (TPSA) is 41.3 Å². The van der Waals surface area contributed by atoms with Crippen LogP contribution < -0.4 is 0 Å². The summed E-state index contributed by atoms with van der Waals surface area (Å²) < 4.78 is 1.99. The van der Waals surface area contributed by atoms with Gasteiger partial charge in [0.1, 0.15) is 0 Å². The molecular weight excluding hydrogens is 286 g/mol. The predicted octanol–water partition coefficient (Wildman–Crippen LogP) is 3.41. The first kappa shape index (κ1) is 17.7. The molecule has 0 fully saturated rings. The van der Waals surface area contributed by atoms with Crippen LogP contribution in [0, 0.1) is 0 Å². The molecule has 0 bridgehead atoms. The molecule has 0 spiro atoms. The van der Waals surface area contributed by atoms with Gasteiger partial charge in [-0.15, -0.1) is 0 Å². The summed E-state index contributed by atoms with van der Waals surface area (Å²) in [5.74, 6) is 0. The van der Waals surface area contributed by atoms with Gasteiger partial charge in [0.05, 0.1) is 17.3 Å². The molecule has 0 saturated heterocycles. The maximum absolute atomic E-state index is 10.2. The van der Waals surface area contributed by atoms with E-state index in [2.05, 4.69) is 61.2 Å². The summed E-state index contributed by atoms with van der Waals surface area (Å²) in [4.78, 5) is 2.26. The van der Waals surface area contributed by atoms with E-state index in [-0.39, 0.29) is 5.54 Å². The van der Waals surface area contributed by atoms with Crippen molar-refractivity contribution in [1.29, 1.82) is 0 Å². The normalized spacial score (nSPS) is 12.8. The largest absolute Gasteiger partial charge is 0.389 e. The van der Waals surface area contributed by atoms with Crippen molar-refractivity contribution in [2.24, 2.45) is 0 Å². The van der Waals surface area contributed by atoms with Crippen molar-refractivity contribution in [3.63, 3.8) is 0 Å². The molecule has 23 heavy (non-hydrogen) atoms. The molecule has 1 aromatic carbocycles. The Kier molecular flexibility index (Phi) is 5.27. The molecule has 1 aromatic heterocycles. The second kappa shape index (κ2) is 6.85. The van der Waals surface area contributed by atoms with E-state index in [9.17, 15) is 5.11 Å². The molecule has 2 rings (SSSR count). The van der Waals surface area contributed by atoms with Crippen molar-refractivity contribution in [2.75, 3.05) is 6.54 Å². The third-order valence-electron chi connectivity index (χ3n) is 3.59. The zero-order chi connectivity index (χ0) is 17.1. The molecule has 0 radical (unpaired) electrons. The summed E-state index contributed by atoms with van der Waals surface area (Å²) >= 11 is 0. The van der Waals surface area contributed by atoms with Gasteiger partial charge in [0.15, 0.2) is 0 Å². The molecule has 0 atom stereocenters. The predicted molar refractivity (Wildman–Crippen MR) is 94.1 cm³/mol. The average Bonchev–Trinajstić information content (AvgIpc) is 2.86. The number of aromatic nitrogens is 2. The highest BCUT2D eigenvalue weighted by atomic mass is 16.3. The molecule has 1 N–H and O–H groups in total. The highest BCUT2D eigenvalue weighted by molar-refractivity contribution is 5.15. The van der Waals surface area contributed by atoms with Gasteiger partial charge in [0.2, 0.25) is 0 Å². The van der Waals surface area contributed by atoms with E-state index in [4.69, 9.17) is 0 Å². The van der Waals surface area contributed by atoms with Gasteiger partial charge in [0.25, 0.3) is 0 Å². The van der Waals surface area contributed by atoms with Crippen molar-refractivity contribution in [2.45, 2.75) is 58.8 Å². The summed E-state index contributed by atoms with van der Waals surface area (Å²) in [5, 5.41) is 14.7. The Morgan fingerprint density at radius 2 is 1.61 bits per heavy atom. The third kappa shape index (κ3) is 5.81. The molecular formula is C19H29N3O. The van der Waals surface area contributed by atoms with E-state index in [1.807, 2.05) is 30.8 Å². The standard InChI is InChI=1S/C19H29N3O/c1-18(2,3)22-14-17(11-20-22)13-21(15-19(4,5)23)12-16-9-7-6-8-10-16/h6-11,14,23H,12-13,15H2,1-5H3. The van der Waals surface area contributed by atoms with Crippen LogP contribution in [0.3, 0.4) is 0 Å². The first-order valence-electron chi connectivity index (χ1n) is 8.16. The minimum Gasteiger partial charge on any atom is -0.389 e. The smallest absolute Gasteiger partial charge is 0.0718 e. The van der Waals surface area contributed by atoms with Crippen molar-refractivity contribution >= 4 is 0 Å². The van der Waals surface area contributed by atoms with Gasteiger partial charge < -0.3 is 5.11 Å². The van der Waals surface area contributed by atoms with Crippen molar-refractivity contribution < 1.29 is 5.11 Å². The van der Waals surface area contributed by atoms with Crippen LogP contribution in [0.2, 0.25) is 0 Å². The summed E-state index contributed by atoms with van der Waals surface area (Å²) in [6, 6.07) is 10.4. The Bertz CT molecular complexity index is 606. The lowest BCUT2D eigenvalue weighted by atomic mass is 10.1. The molecule has 0 aliphatic rings. The minimum absolute atomic E-state index is 0.0151. The van der Waals surface area contributed by atoms with Crippen LogP contribution in [0.15, 0.2) is 42.7 Å². The summed E-state index contributed by atoms with van der Waals surface area (Å²) in [5.41, 5.74) is 1.67. The van der Waals surface area contributed by atoms with Gasteiger partial charge in [-0.05, 0) is 40.2 Å². The van der Waals surface area contributed by atoms with Gasteiger partial charge in [-0.3, -0.25) is 9.58 Å². The molecule has 0 aliphatic carbocycles. The molecule has 4 nitrogen and oxygen atoms in total. The SMILES string of the molecule is CC(C)(O)CN(Cc1ccccc1)Cc1cnn(C(C)(C)C)c1. The van der Waals surface area contributed by atoms with Gasteiger partial charge in [-0.1, -0.05) is 30.3 Å². The molecule has 0 aliphatic heterocycles. The third-order valence-corrected chi connectivity index (χ3v) is 3.59. The summed E-state index contributed by atoms with van der Waals surface area (Å²) in [6.07, 6.45) is 4.02. The molecule has 2 aromatic rings. The minimum atomic E-state index is -0.727. The van der Waals surface area contributed by atoms with E-state index in [1.54, 1.807) is 0 Å². The molecule has 0 amide bonds. The number of hydrogen-bond donors (Lipinski definition) is 1. The second-order valence-electron chi connectivity index (χ2n) is 7.91. The Labute approximate surface area is 139 Å². The first-order chi connectivity index (χ1) is 10.6. The maximum Gasteiger partial charge on any atom is 0.0718 e. The van der Waals surface area contributed by atoms with E-state index in [0.29, 0.717) is 6.54 Å².